The van der Waals surface area contributed by atoms with Crippen LogP contribution in [-0.4, -0.2) is 18.7 Å². The molecule has 0 aliphatic heterocycles. The van der Waals surface area contributed by atoms with Gasteiger partial charge >= 0.3 is 0 Å². The lowest BCUT2D eigenvalue weighted by Gasteiger charge is -2.19. The van der Waals surface area contributed by atoms with Crippen LogP contribution in [0.5, 0.6) is 11.5 Å². The van der Waals surface area contributed by atoms with Gasteiger partial charge in [0, 0.05) is 15.6 Å². The van der Waals surface area contributed by atoms with Crippen LogP contribution in [0.3, 0.4) is 0 Å². The predicted octanol–water partition coefficient (Wildman–Crippen LogP) is 7.57. The highest BCUT2D eigenvalue weighted by atomic mass is 127. The topological polar surface area (TPSA) is 59.9 Å². The number of nitrogens with zero attached hydrogens (tertiary/aromatic N) is 1. The summed E-state index contributed by atoms with van der Waals surface area (Å²) in [4.78, 5) is 12.4. The molecule has 0 aliphatic carbocycles. The van der Waals surface area contributed by atoms with Gasteiger partial charge < -0.3 is 9.47 Å². The van der Waals surface area contributed by atoms with E-state index in [0.717, 1.165) is 20.3 Å². The Labute approximate surface area is 236 Å². The van der Waals surface area contributed by atoms with E-state index in [2.05, 4.69) is 66.0 Å². The first kappa shape index (κ1) is 28.3. The van der Waals surface area contributed by atoms with Crippen LogP contribution in [-0.2, 0) is 23.2 Å². The van der Waals surface area contributed by atoms with Crippen LogP contribution in [0, 0.1) is 3.57 Å². The molecule has 5 nitrogen and oxygen atoms in total. The second-order valence-corrected chi connectivity index (χ2v) is 11.2. The maximum absolute atomic E-state index is 12.4. The van der Waals surface area contributed by atoms with Crippen LogP contribution >= 0.6 is 45.8 Å². The van der Waals surface area contributed by atoms with Gasteiger partial charge in [-0.15, -0.1) is 0 Å². The number of benzene rings is 3. The van der Waals surface area contributed by atoms with Crippen molar-refractivity contribution >= 4 is 57.9 Å². The monoisotopic (exact) mass is 638 g/mol. The van der Waals surface area contributed by atoms with E-state index in [4.69, 9.17) is 32.7 Å². The van der Waals surface area contributed by atoms with Gasteiger partial charge in [0.1, 0.15) is 6.61 Å². The SMILES string of the molecule is CCOc1cc(C=NNC(=O)Cc2ccc(C(C)(C)C)cc2)cc(I)c1OCc1ccc(Cl)cc1Cl. The maximum Gasteiger partial charge on any atom is 0.244 e. The molecule has 0 unspecified atom stereocenters. The zero-order chi connectivity index (χ0) is 26.3. The van der Waals surface area contributed by atoms with Crippen molar-refractivity contribution in [2.75, 3.05) is 6.61 Å². The van der Waals surface area contributed by atoms with Gasteiger partial charge in [-0.25, -0.2) is 5.43 Å². The van der Waals surface area contributed by atoms with Crippen molar-refractivity contribution in [3.63, 3.8) is 0 Å². The molecule has 0 bridgehead atoms. The summed E-state index contributed by atoms with van der Waals surface area (Å²) in [6, 6.07) is 17.1. The number of hydrogen-bond acceptors (Lipinski definition) is 4. The second-order valence-electron chi connectivity index (χ2n) is 9.20. The minimum Gasteiger partial charge on any atom is -0.490 e. The molecule has 0 heterocycles. The van der Waals surface area contributed by atoms with Gasteiger partial charge in [-0.1, -0.05) is 74.3 Å². The molecular weight excluding hydrogens is 610 g/mol. The zero-order valence-corrected chi connectivity index (χ0v) is 24.4. The molecule has 1 amide bonds. The standard InChI is InChI=1S/C28H29Cl2IN2O3/c1-5-35-25-13-19(12-24(31)27(25)36-17-20-8-11-22(29)15-23(20)30)16-32-33-26(34)14-18-6-9-21(10-7-18)28(2,3)4/h6-13,15-16H,5,14,17H2,1-4H3,(H,33,34). The summed E-state index contributed by atoms with van der Waals surface area (Å²) in [6.07, 6.45) is 1.84. The van der Waals surface area contributed by atoms with E-state index in [-0.39, 0.29) is 24.3 Å². The van der Waals surface area contributed by atoms with Gasteiger partial charge in [-0.2, -0.15) is 5.10 Å². The number of carbonyl (C=O) groups excluding carboxylic acids is 1. The first-order valence-electron chi connectivity index (χ1n) is 11.5. The Balaban J connectivity index is 1.65. The molecule has 36 heavy (non-hydrogen) atoms. The van der Waals surface area contributed by atoms with Gasteiger partial charge in [0.2, 0.25) is 5.91 Å². The van der Waals surface area contributed by atoms with Crippen molar-refractivity contribution < 1.29 is 14.3 Å². The van der Waals surface area contributed by atoms with Crippen molar-refractivity contribution in [1.29, 1.82) is 0 Å². The first-order chi connectivity index (χ1) is 17.1. The number of rotatable bonds is 9. The lowest BCUT2D eigenvalue weighted by Crippen LogP contribution is -2.20. The molecule has 0 saturated heterocycles. The Hall–Kier alpha value is -2.29. The minimum atomic E-state index is -0.186. The third-order valence-electron chi connectivity index (χ3n) is 5.31. The second kappa shape index (κ2) is 12.8. The van der Waals surface area contributed by atoms with Gasteiger partial charge in [-0.05, 0) is 75.9 Å². The molecule has 190 valence electrons. The van der Waals surface area contributed by atoms with Gasteiger partial charge in [-0.3, -0.25) is 4.79 Å². The fourth-order valence-electron chi connectivity index (χ4n) is 3.38. The highest BCUT2D eigenvalue weighted by molar-refractivity contribution is 14.1. The highest BCUT2D eigenvalue weighted by Gasteiger charge is 2.14. The van der Waals surface area contributed by atoms with E-state index >= 15 is 0 Å². The largest absolute Gasteiger partial charge is 0.490 e. The van der Waals surface area contributed by atoms with E-state index in [1.165, 1.54) is 5.56 Å². The molecule has 0 aliphatic rings. The molecule has 0 saturated carbocycles. The Bertz CT molecular complexity index is 1240. The van der Waals surface area contributed by atoms with Crippen molar-refractivity contribution in [1.82, 2.24) is 5.43 Å². The maximum atomic E-state index is 12.4. The number of amides is 1. The molecule has 0 fully saturated rings. The molecule has 3 aromatic rings. The highest BCUT2D eigenvalue weighted by Crippen LogP contribution is 2.35. The van der Waals surface area contributed by atoms with Gasteiger partial charge in [0.25, 0.3) is 0 Å². The smallest absolute Gasteiger partial charge is 0.244 e. The summed E-state index contributed by atoms with van der Waals surface area (Å²) in [5, 5.41) is 5.24. The Morgan fingerprint density at radius 2 is 1.78 bits per heavy atom. The fourth-order valence-corrected chi connectivity index (χ4v) is 4.62. The van der Waals surface area contributed by atoms with Crippen LogP contribution in [0.15, 0.2) is 59.7 Å². The summed E-state index contributed by atoms with van der Waals surface area (Å²) in [5.41, 5.74) is 6.43. The number of halogens is 3. The molecule has 0 radical (unpaired) electrons. The van der Waals surface area contributed by atoms with Crippen molar-refractivity contribution in [3.05, 3.63) is 90.5 Å². The molecule has 0 aromatic heterocycles. The molecule has 0 atom stereocenters. The van der Waals surface area contributed by atoms with E-state index in [9.17, 15) is 4.79 Å². The summed E-state index contributed by atoms with van der Waals surface area (Å²) >= 11 is 14.4. The number of hydrazone groups is 1. The van der Waals surface area contributed by atoms with Crippen molar-refractivity contribution in [2.45, 2.75) is 46.1 Å². The van der Waals surface area contributed by atoms with Crippen LogP contribution in [0.25, 0.3) is 0 Å². The molecule has 3 aromatic carbocycles. The predicted molar refractivity (Wildman–Crippen MR) is 156 cm³/mol. The molecule has 0 spiro atoms. The summed E-state index contributed by atoms with van der Waals surface area (Å²) < 4.78 is 12.7. The van der Waals surface area contributed by atoms with Crippen LogP contribution in [0.1, 0.15) is 49.9 Å². The van der Waals surface area contributed by atoms with E-state index in [0.29, 0.717) is 28.2 Å². The number of hydrogen-bond donors (Lipinski definition) is 1. The number of carbonyl (C=O) groups is 1. The van der Waals surface area contributed by atoms with Gasteiger partial charge in [0.15, 0.2) is 11.5 Å². The zero-order valence-electron chi connectivity index (χ0n) is 20.7. The molecule has 3 rings (SSSR count). The third-order valence-corrected chi connectivity index (χ3v) is 6.69. The average Bonchev–Trinajstić information content (AvgIpc) is 2.79. The minimum absolute atomic E-state index is 0.0758. The number of nitrogens with one attached hydrogen (secondary N) is 1. The third kappa shape index (κ3) is 8.11. The van der Waals surface area contributed by atoms with Crippen LogP contribution in [0.2, 0.25) is 10.0 Å². The van der Waals surface area contributed by atoms with E-state index < -0.39 is 0 Å². The quantitative estimate of drug-likeness (QED) is 0.149. The lowest BCUT2D eigenvalue weighted by atomic mass is 9.86. The average molecular weight is 639 g/mol. The Kier molecular flexibility index (Phi) is 10.0. The summed E-state index contributed by atoms with van der Waals surface area (Å²) in [5.74, 6) is 1.01. The molecular formula is C28H29Cl2IN2O3. The molecule has 8 heteroatoms. The summed E-state index contributed by atoms with van der Waals surface area (Å²) in [7, 11) is 0. The van der Waals surface area contributed by atoms with E-state index in [1.54, 1.807) is 18.3 Å². The van der Waals surface area contributed by atoms with Crippen molar-refractivity contribution in [2.24, 2.45) is 5.10 Å². The van der Waals surface area contributed by atoms with Crippen LogP contribution < -0.4 is 14.9 Å². The molecule has 1 N–H and O–H groups in total. The van der Waals surface area contributed by atoms with Crippen LogP contribution in [0.4, 0.5) is 0 Å². The van der Waals surface area contributed by atoms with Crippen molar-refractivity contribution in [3.8, 4) is 11.5 Å². The normalized spacial score (nSPS) is 11.5. The number of ether oxygens (including phenoxy) is 2. The fraction of sp³-hybridized carbons (Fsp3) is 0.286. The van der Waals surface area contributed by atoms with Gasteiger partial charge in [0.05, 0.1) is 22.8 Å². The Morgan fingerprint density at radius 3 is 2.42 bits per heavy atom. The lowest BCUT2D eigenvalue weighted by molar-refractivity contribution is -0.120. The Morgan fingerprint density at radius 1 is 1.06 bits per heavy atom. The summed E-state index contributed by atoms with van der Waals surface area (Å²) in [6.45, 7) is 9.13. The first-order valence-corrected chi connectivity index (χ1v) is 13.3. The van der Waals surface area contributed by atoms with E-state index in [1.807, 2.05) is 37.3 Å².